The molecule has 1 heterocycles. The molecule has 0 unspecified atom stereocenters. The van der Waals surface area contributed by atoms with Crippen LogP contribution in [0.1, 0.15) is 35.6 Å². The van der Waals surface area contributed by atoms with Gasteiger partial charge in [-0.2, -0.15) is 0 Å². The second-order valence-electron chi connectivity index (χ2n) is 7.22. The fourth-order valence-electron chi connectivity index (χ4n) is 3.69. The summed E-state index contributed by atoms with van der Waals surface area (Å²) in [5, 5.41) is 1.85. The third kappa shape index (κ3) is 6.40. The maximum atomic E-state index is 6.08. The van der Waals surface area contributed by atoms with Crippen LogP contribution in [0.4, 0.5) is 0 Å². The minimum absolute atomic E-state index is 0.300. The van der Waals surface area contributed by atoms with Crippen LogP contribution >= 0.6 is 35.0 Å². The van der Waals surface area contributed by atoms with E-state index in [0.717, 1.165) is 34.8 Å². The summed E-state index contributed by atoms with van der Waals surface area (Å²) in [6.45, 7) is 4.37. The summed E-state index contributed by atoms with van der Waals surface area (Å²) >= 11 is 14.2. The lowest BCUT2D eigenvalue weighted by molar-refractivity contribution is 0.189. The molecule has 0 spiro atoms. The highest BCUT2D eigenvalue weighted by Crippen LogP contribution is 2.36. The van der Waals surface area contributed by atoms with Crippen LogP contribution in [0.5, 0.6) is 0 Å². The molecule has 146 valence electrons. The molecule has 0 saturated carbocycles. The minimum Gasteiger partial charge on any atom is -0.330 e. The van der Waals surface area contributed by atoms with E-state index in [1.807, 2.05) is 36.0 Å². The molecule has 1 saturated heterocycles. The molecule has 2 N–H and O–H groups in total. The van der Waals surface area contributed by atoms with Gasteiger partial charge < -0.3 is 10.6 Å². The lowest BCUT2D eigenvalue weighted by Gasteiger charge is -2.32. The van der Waals surface area contributed by atoms with Crippen LogP contribution < -0.4 is 5.73 Å². The van der Waals surface area contributed by atoms with Gasteiger partial charge in [-0.05, 0) is 80.2 Å². The molecule has 27 heavy (non-hydrogen) atoms. The molecule has 0 aliphatic carbocycles. The zero-order chi connectivity index (χ0) is 19.1. The maximum absolute atomic E-state index is 6.08. The molecule has 1 fully saturated rings. The highest BCUT2D eigenvalue weighted by Gasteiger charge is 2.20. The highest BCUT2D eigenvalue weighted by atomic mass is 35.5. The van der Waals surface area contributed by atoms with Crippen LogP contribution in [0.15, 0.2) is 48.5 Å². The van der Waals surface area contributed by atoms with Gasteiger partial charge in [0.15, 0.2) is 0 Å². The van der Waals surface area contributed by atoms with E-state index in [4.69, 9.17) is 28.9 Å². The van der Waals surface area contributed by atoms with Crippen LogP contribution in [0, 0.1) is 5.92 Å². The van der Waals surface area contributed by atoms with Gasteiger partial charge in [0, 0.05) is 22.3 Å². The van der Waals surface area contributed by atoms with Gasteiger partial charge >= 0.3 is 0 Å². The largest absolute Gasteiger partial charge is 0.330 e. The van der Waals surface area contributed by atoms with Crippen molar-refractivity contribution in [2.24, 2.45) is 11.7 Å². The third-order valence-corrected chi connectivity index (χ3v) is 7.12. The van der Waals surface area contributed by atoms with E-state index in [9.17, 15) is 0 Å². The molecule has 3 rings (SSSR count). The predicted molar refractivity (Wildman–Crippen MR) is 120 cm³/mol. The molecule has 0 amide bonds. The monoisotopic (exact) mass is 422 g/mol. The van der Waals surface area contributed by atoms with Gasteiger partial charge in [-0.3, -0.25) is 0 Å². The first-order chi connectivity index (χ1) is 13.2. The highest BCUT2D eigenvalue weighted by molar-refractivity contribution is 7.99. The Morgan fingerprint density at radius 2 is 1.44 bits per heavy atom. The number of likely N-dealkylation sites (tertiary alicyclic amines) is 1. The first kappa shape index (κ1) is 21.0. The zero-order valence-corrected chi connectivity index (χ0v) is 17.9. The number of halogens is 2. The first-order valence-corrected chi connectivity index (χ1v) is 11.5. The molecular formula is C22H28Cl2N2S. The van der Waals surface area contributed by atoms with Crippen molar-refractivity contribution in [3.8, 4) is 0 Å². The Morgan fingerprint density at radius 1 is 0.926 bits per heavy atom. The fourth-order valence-corrected chi connectivity index (χ4v) is 5.24. The summed E-state index contributed by atoms with van der Waals surface area (Å²) < 4.78 is 0. The second kappa shape index (κ2) is 10.7. The lowest BCUT2D eigenvalue weighted by Crippen LogP contribution is -2.35. The van der Waals surface area contributed by atoms with Gasteiger partial charge in [-0.1, -0.05) is 47.5 Å². The molecule has 0 aromatic heterocycles. The number of nitrogens with two attached hydrogens (primary N) is 1. The molecule has 0 atom stereocenters. The number of piperidine rings is 1. The SMILES string of the molecule is NCCC1CCN(CCSC(c2ccc(Cl)cc2)c2ccc(Cl)cc2)CC1. The number of hydrogen-bond acceptors (Lipinski definition) is 3. The summed E-state index contributed by atoms with van der Waals surface area (Å²) in [6.07, 6.45) is 3.76. The van der Waals surface area contributed by atoms with E-state index in [1.165, 1.54) is 43.5 Å². The van der Waals surface area contributed by atoms with Gasteiger partial charge in [0.1, 0.15) is 0 Å². The van der Waals surface area contributed by atoms with Crippen molar-refractivity contribution in [1.29, 1.82) is 0 Å². The fraction of sp³-hybridized carbons (Fsp3) is 0.455. The van der Waals surface area contributed by atoms with Crippen molar-refractivity contribution in [3.63, 3.8) is 0 Å². The second-order valence-corrected chi connectivity index (χ2v) is 9.30. The summed E-state index contributed by atoms with van der Waals surface area (Å²) in [6, 6.07) is 16.4. The van der Waals surface area contributed by atoms with E-state index in [-0.39, 0.29) is 0 Å². The van der Waals surface area contributed by atoms with Gasteiger partial charge in [0.25, 0.3) is 0 Å². The maximum Gasteiger partial charge on any atom is 0.0547 e. The Hall–Kier alpha value is -0.710. The van der Waals surface area contributed by atoms with Crippen LogP contribution in [0.3, 0.4) is 0 Å². The standard InChI is InChI=1S/C22H28Cl2N2S/c23-20-5-1-18(2-6-20)22(19-3-7-21(24)8-4-19)27-16-15-26-13-10-17(9-12-25)11-14-26/h1-8,17,22H,9-16,25H2. The number of rotatable bonds is 8. The van der Waals surface area contributed by atoms with Crippen LogP contribution in [0.2, 0.25) is 10.0 Å². The van der Waals surface area contributed by atoms with E-state index in [2.05, 4.69) is 29.2 Å². The van der Waals surface area contributed by atoms with Crippen LogP contribution in [-0.2, 0) is 0 Å². The van der Waals surface area contributed by atoms with Crippen molar-refractivity contribution >= 4 is 35.0 Å². The van der Waals surface area contributed by atoms with Crippen molar-refractivity contribution in [3.05, 3.63) is 69.7 Å². The van der Waals surface area contributed by atoms with Gasteiger partial charge in [-0.15, -0.1) is 11.8 Å². The number of thioether (sulfide) groups is 1. The van der Waals surface area contributed by atoms with E-state index in [0.29, 0.717) is 5.25 Å². The molecule has 0 bridgehead atoms. The molecule has 5 heteroatoms. The Labute approximate surface area is 177 Å². The summed E-state index contributed by atoms with van der Waals surface area (Å²) in [4.78, 5) is 2.60. The number of benzene rings is 2. The van der Waals surface area contributed by atoms with Gasteiger partial charge in [0.2, 0.25) is 0 Å². The lowest BCUT2D eigenvalue weighted by atomic mass is 9.94. The van der Waals surface area contributed by atoms with Gasteiger partial charge in [-0.25, -0.2) is 0 Å². The Bertz CT molecular complexity index is 637. The van der Waals surface area contributed by atoms with Crippen LogP contribution in [0.25, 0.3) is 0 Å². The molecule has 0 radical (unpaired) electrons. The zero-order valence-electron chi connectivity index (χ0n) is 15.6. The predicted octanol–water partition coefficient (Wildman–Crippen LogP) is 5.88. The molecule has 2 aromatic rings. The van der Waals surface area contributed by atoms with Crippen LogP contribution in [-0.4, -0.2) is 36.8 Å². The van der Waals surface area contributed by atoms with Crippen molar-refractivity contribution in [2.75, 3.05) is 31.9 Å². The number of hydrogen-bond donors (Lipinski definition) is 1. The molecule has 1 aliphatic rings. The summed E-state index contributed by atoms with van der Waals surface area (Å²) in [7, 11) is 0. The quantitative estimate of drug-likeness (QED) is 0.575. The van der Waals surface area contributed by atoms with Crippen molar-refractivity contribution < 1.29 is 0 Å². The Morgan fingerprint density at radius 3 is 1.93 bits per heavy atom. The van der Waals surface area contributed by atoms with E-state index >= 15 is 0 Å². The minimum atomic E-state index is 0.300. The van der Waals surface area contributed by atoms with Crippen molar-refractivity contribution in [1.82, 2.24) is 4.90 Å². The molecular weight excluding hydrogens is 395 g/mol. The molecule has 2 aromatic carbocycles. The average Bonchev–Trinajstić information content (AvgIpc) is 2.69. The molecule has 1 aliphatic heterocycles. The van der Waals surface area contributed by atoms with E-state index < -0.39 is 0 Å². The smallest absolute Gasteiger partial charge is 0.0547 e. The van der Waals surface area contributed by atoms with Crippen molar-refractivity contribution in [2.45, 2.75) is 24.5 Å². The van der Waals surface area contributed by atoms with Gasteiger partial charge in [0.05, 0.1) is 5.25 Å². The Balaban J connectivity index is 1.59. The average molecular weight is 423 g/mol. The summed E-state index contributed by atoms with van der Waals surface area (Å²) in [5.41, 5.74) is 8.27. The number of nitrogens with zero attached hydrogens (tertiary/aromatic N) is 1. The topological polar surface area (TPSA) is 29.3 Å². The summed E-state index contributed by atoms with van der Waals surface area (Å²) in [5.74, 6) is 1.94. The Kier molecular flexibility index (Phi) is 8.35. The first-order valence-electron chi connectivity index (χ1n) is 9.70. The normalized spacial score (nSPS) is 16.1. The third-order valence-electron chi connectivity index (χ3n) is 5.32. The molecule has 2 nitrogen and oxygen atoms in total. The van der Waals surface area contributed by atoms with E-state index in [1.54, 1.807) is 0 Å².